The third-order valence-corrected chi connectivity index (χ3v) is 3.53. The predicted molar refractivity (Wildman–Crippen MR) is 84.7 cm³/mol. The molecule has 1 N–H and O–H groups in total. The highest BCUT2D eigenvalue weighted by molar-refractivity contribution is 7.19. The maximum atomic E-state index is 12.1. The minimum absolute atomic E-state index is 0.117. The lowest BCUT2D eigenvalue weighted by atomic mass is 10.4. The number of ether oxygens (including phenoxy) is 2. The lowest BCUT2D eigenvalue weighted by molar-refractivity contribution is -0.325. The van der Waals surface area contributed by atoms with E-state index < -0.39 is 13.0 Å². The molecule has 2 heterocycles. The van der Waals surface area contributed by atoms with Crippen molar-refractivity contribution >= 4 is 27.6 Å². The summed E-state index contributed by atoms with van der Waals surface area (Å²) in [5.41, 5.74) is 0.517. The minimum atomic E-state index is -2.57. The molecule has 2 aromatic heterocycles. The third-order valence-electron chi connectivity index (χ3n) is 2.65. The highest BCUT2D eigenvalue weighted by Crippen LogP contribution is 2.28. The van der Waals surface area contributed by atoms with Crippen molar-refractivity contribution in [3.63, 3.8) is 0 Å². The molecule has 0 spiro atoms. The molecule has 1 amide bonds. The van der Waals surface area contributed by atoms with Crippen molar-refractivity contribution in [3.8, 4) is 11.1 Å². The van der Waals surface area contributed by atoms with Gasteiger partial charge in [-0.15, -0.1) is 0 Å². The molecule has 0 radical (unpaired) electrons. The van der Waals surface area contributed by atoms with Gasteiger partial charge in [-0.05, 0) is 13.0 Å². The number of thiazole rings is 1. The first kappa shape index (κ1) is 19.2. The van der Waals surface area contributed by atoms with Crippen LogP contribution in [0.15, 0.2) is 12.1 Å². The van der Waals surface area contributed by atoms with Gasteiger partial charge in [0.1, 0.15) is 12.1 Å². The average molecular weight is 377 g/mol. The number of nitrogens with one attached hydrogen (secondary N) is 1. The fraction of sp³-hybridized carbons (Fsp3) is 0.500. The molecule has 0 saturated carbocycles. The van der Waals surface area contributed by atoms with E-state index in [0.717, 1.165) is 11.3 Å². The van der Waals surface area contributed by atoms with Gasteiger partial charge in [-0.25, -0.2) is 23.6 Å². The lowest BCUT2D eigenvalue weighted by Crippen LogP contribution is -2.34. The van der Waals surface area contributed by atoms with Gasteiger partial charge in [-0.1, -0.05) is 11.3 Å². The fourth-order valence-corrected chi connectivity index (χ4v) is 2.50. The number of hydrogen-bond acceptors (Lipinski definition) is 8. The summed E-state index contributed by atoms with van der Waals surface area (Å²) >= 11 is 1.04. The summed E-state index contributed by atoms with van der Waals surface area (Å²) in [5, 5.41) is 2.75. The Labute approximate surface area is 146 Å². The molecule has 138 valence electrons. The summed E-state index contributed by atoms with van der Waals surface area (Å²) in [4.78, 5) is 29.2. The number of aromatic nitrogens is 2. The van der Waals surface area contributed by atoms with Crippen molar-refractivity contribution in [2.45, 2.75) is 26.3 Å². The Morgan fingerprint density at radius 1 is 1.24 bits per heavy atom. The molecule has 11 heteroatoms. The lowest BCUT2D eigenvalue weighted by Gasteiger charge is -2.11. The zero-order valence-electron chi connectivity index (χ0n) is 13.5. The van der Waals surface area contributed by atoms with Crippen LogP contribution in [0.5, 0.6) is 11.1 Å². The molecule has 0 aliphatic carbocycles. The minimum Gasteiger partial charge on any atom is -0.464 e. The number of pyridine rings is 1. The van der Waals surface area contributed by atoms with Crippen LogP contribution in [-0.4, -0.2) is 48.3 Å². The Bertz CT molecular complexity index is 700. The second-order valence-corrected chi connectivity index (χ2v) is 5.86. The molecular formula is C14H17F2N3O5S. The highest BCUT2D eigenvalue weighted by Gasteiger charge is 2.10. The number of halogens is 2. The van der Waals surface area contributed by atoms with Crippen LogP contribution in [0.2, 0.25) is 0 Å². The first-order valence-corrected chi connectivity index (χ1v) is 8.08. The largest absolute Gasteiger partial charge is 0.464 e. The SMILES string of the molecule is CC(=O)N[C@@H](C)COOCOc1ccc2nc(OCC(F)F)sc2n1. The second-order valence-electron chi connectivity index (χ2n) is 4.92. The van der Waals surface area contributed by atoms with Crippen molar-refractivity contribution in [2.24, 2.45) is 0 Å². The summed E-state index contributed by atoms with van der Waals surface area (Å²) in [6.45, 7) is 2.41. The van der Waals surface area contributed by atoms with Crippen LogP contribution < -0.4 is 14.8 Å². The van der Waals surface area contributed by atoms with Gasteiger partial charge in [0.25, 0.3) is 11.6 Å². The van der Waals surface area contributed by atoms with E-state index >= 15 is 0 Å². The van der Waals surface area contributed by atoms with Crippen molar-refractivity contribution < 1.29 is 32.8 Å². The Hall–Kier alpha value is -2.11. The number of hydrogen-bond donors (Lipinski definition) is 1. The fourth-order valence-electron chi connectivity index (χ4n) is 1.71. The average Bonchev–Trinajstić information content (AvgIpc) is 2.94. The maximum Gasteiger partial charge on any atom is 0.276 e. The van der Waals surface area contributed by atoms with E-state index in [-0.39, 0.29) is 36.4 Å². The monoisotopic (exact) mass is 377 g/mol. The first-order chi connectivity index (χ1) is 11.9. The number of nitrogens with zero attached hydrogens (tertiary/aromatic N) is 2. The van der Waals surface area contributed by atoms with Gasteiger partial charge in [-0.3, -0.25) is 4.79 Å². The number of carbonyl (C=O) groups is 1. The van der Waals surface area contributed by atoms with E-state index in [2.05, 4.69) is 15.3 Å². The van der Waals surface area contributed by atoms with Crippen molar-refractivity contribution in [2.75, 3.05) is 20.0 Å². The number of fused-ring (bicyclic) bond motifs is 1. The summed E-state index contributed by atoms with van der Waals surface area (Å²) in [7, 11) is 0. The van der Waals surface area contributed by atoms with Crippen LogP contribution in [0.1, 0.15) is 13.8 Å². The molecule has 2 rings (SSSR count). The molecule has 0 aliphatic heterocycles. The Morgan fingerprint density at radius 3 is 2.76 bits per heavy atom. The van der Waals surface area contributed by atoms with Crippen LogP contribution in [0, 0.1) is 0 Å². The topological polar surface area (TPSA) is 91.8 Å². The normalized spacial score (nSPS) is 12.4. The van der Waals surface area contributed by atoms with Gasteiger partial charge in [0.2, 0.25) is 18.6 Å². The Morgan fingerprint density at radius 2 is 2.04 bits per heavy atom. The van der Waals surface area contributed by atoms with E-state index in [0.29, 0.717) is 10.3 Å². The standard InChI is InChI=1S/C14H17F2N3O5S/c1-8(17-9(2)20)5-23-24-7-22-12-4-3-10-13(19-12)25-14(18-10)21-6-11(15)16/h3-4,8,11H,5-7H2,1-2H3,(H,17,20)/t8-/m0/s1. The zero-order valence-corrected chi connectivity index (χ0v) is 14.3. The van der Waals surface area contributed by atoms with Gasteiger partial charge in [0, 0.05) is 13.0 Å². The van der Waals surface area contributed by atoms with E-state index in [1.807, 2.05) is 0 Å². The maximum absolute atomic E-state index is 12.1. The molecule has 0 unspecified atom stereocenters. The van der Waals surface area contributed by atoms with Crippen LogP contribution >= 0.6 is 11.3 Å². The van der Waals surface area contributed by atoms with Crippen LogP contribution in [0.3, 0.4) is 0 Å². The van der Waals surface area contributed by atoms with Crippen LogP contribution in [-0.2, 0) is 14.6 Å². The summed E-state index contributed by atoms with van der Waals surface area (Å²) in [5.74, 6) is 0.0985. The molecule has 0 aliphatic rings. The molecular weight excluding hydrogens is 360 g/mol. The zero-order chi connectivity index (χ0) is 18.2. The predicted octanol–water partition coefficient (Wildman–Crippen LogP) is 2.14. The summed E-state index contributed by atoms with van der Waals surface area (Å²) < 4.78 is 34.4. The molecule has 8 nitrogen and oxygen atoms in total. The molecule has 25 heavy (non-hydrogen) atoms. The third kappa shape index (κ3) is 6.72. The van der Waals surface area contributed by atoms with Gasteiger partial charge in [0.15, 0.2) is 11.4 Å². The molecule has 2 aromatic rings. The van der Waals surface area contributed by atoms with Gasteiger partial charge >= 0.3 is 0 Å². The second kappa shape index (κ2) is 9.39. The Kier molecular flexibility index (Phi) is 7.22. The molecule has 0 fully saturated rings. The Balaban J connectivity index is 1.76. The number of carbonyl (C=O) groups excluding carboxylic acids is 1. The summed E-state index contributed by atoms with van der Waals surface area (Å²) in [6.07, 6.45) is -2.57. The summed E-state index contributed by atoms with van der Waals surface area (Å²) in [6, 6.07) is 2.99. The first-order valence-electron chi connectivity index (χ1n) is 7.27. The van der Waals surface area contributed by atoms with Crippen LogP contribution in [0.4, 0.5) is 8.78 Å². The number of rotatable bonds is 10. The molecule has 0 aromatic carbocycles. The molecule has 0 saturated heterocycles. The van der Waals surface area contributed by atoms with Crippen molar-refractivity contribution in [1.82, 2.24) is 15.3 Å². The van der Waals surface area contributed by atoms with E-state index in [1.165, 1.54) is 6.92 Å². The quantitative estimate of drug-likeness (QED) is 0.294. The van der Waals surface area contributed by atoms with Gasteiger partial charge in [-0.2, -0.15) is 4.89 Å². The van der Waals surface area contributed by atoms with Crippen molar-refractivity contribution in [3.05, 3.63) is 12.1 Å². The number of amides is 1. The number of alkyl halides is 2. The van der Waals surface area contributed by atoms with Crippen LogP contribution in [0.25, 0.3) is 10.3 Å². The van der Waals surface area contributed by atoms with E-state index in [4.69, 9.17) is 19.2 Å². The van der Waals surface area contributed by atoms with E-state index in [9.17, 15) is 13.6 Å². The van der Waals surface area contributed by atoms with Gasteiger partial charge < -0.3 is 14.8 Å². The molecule has 0 bridgehead atoms. The van der Waals surface area contributed by atoms with Crippen molar-refractivity contribution in [1.29, 1.82) is 0 Å². The highest BCUT2D eigenvalue weighted by atomic mass is 32.1. The van der Waals surface area contributed by atoms with E-state index in [1.54, 1.807) is 19.1 Å². The molecule has 1 atom stereocenters. The van der Waals surface area contributed by atoms with Gasteiger partial charge in [0.05, 0.1) is 6.04 Å². The smallest absolute Gasteiger partial charge is 0.276 e.